The van der Waals surface area contributed by atoms with Crippen LogP contribution in [0.1, 0.15) is 16.2 Å². The largest absolute Gasteiger partial charge is 0.422 e. The number of halogens is 2. The highest BCUT2D eigenvalue weighted by Crippen LogP contribution is 2.19. The third kappa shape index (κ3) is 3.36. The van der Waals surface area contributed by atoms with E-state index < -0.39 is 5.97 Å². The quantitative estimate of drug-likeness (QED) is 0.528. The molecule has 0 fully saturated rings. The van der Waals surface area contributed by atoms with Gasteiger partial charge in [0.15, 0.2) is 5.69 Å². The molecule has 23 heavy (non-hydrogen) atoms. The van der Waals surface area contributed by atoms with Gasteiger partial charge in [0.05, 0.1) is 11.4 Å². The first-order chi connectivity index (χ1) is 11.0. The van der Waals surface area contributed by atoms with E-state index in [-0.39, 0.29) is 5.69 Å². The van der Waals surface area contributed by atoms with Crippen molar-refractivity contribution in [3.05, 3.63) is 70.0 Å². The summed E-state index contributed by atoms with van der Waals surface area (Å²) in [5.41, 5.74) is 1.48. The molecule has 0 atom stereocenters. The Morgan fingerprint density at radius 1 is 1.00 bits per heavy atom. The number of carbonyl (C=O) groups excluding carboxylic acids is 1. The highest BCUT2D eigenvalue weighted by molar-refractivity contribution is 6.30. The molecule has 0 aliphatic heterocycles. The molecule has 0 bridgehead atoms. The lowest BCUT2D eigenvalue weighted by atomic mass is 10.3. The van der Waals surface area contributed by atoms with E-state index in [0.29, 0.717) is 21.5 Å². The van der Waals surface area contributed by atoms with Crippen LogP contribution in [0.4, 0.5) is 0 Å². The summed E-state index contributed by atoms with van der Waals surface area (Å²) in [4.78, 5) is 12.2. The first-order valence-corrected chi connectivity index (χ1v) is 7.46. The van der Waals surface area contributed by atoms with Gasteiger partial charge in [-0.05, 0) is 55.5 Å². The van der Waals surface area contributed by atoms with Gasteiger partial charge in [0.2, 0.25) is 0 Å². The number of esters is 1. The summed E-state index contributed by atoms with van der Waals surface area (Å²) in [5, 5.41) is 9.09. The van der Waals surface area contributed by atoms with Gasteiger partial charge < -0.3 is 4.74 Å². The molecule has 1 heterocycles. The van der Waals surface area contributed by atoms with Crippen LogP contribution in [-0.4, -0.2) is 21.0 Å². The Balaban J connectivity index is 1.85. The summed E-state index contributed by atoms with van der Waals surface area (Å²) in [6.45, 7) is 1.74. The molecule has 0 aliphatic rings. The lowest BCUT2D eigenvalue weighted by molar-refractivity contribution is 0.0727. The maximum Gasteiger partial charge on any atom is 0.366 e. The highest BCUT2D eigenvalue weighted by Gasteiger charge is 2.19. The number of hydrogen-bond donors (Lipinski definition) is 0. The van der Waals surface area contributed by atoms with Crippen molar-refractivity contribution in [3.8, 4) is 11.4 Å². The molecule has 2 aromatic carbocycles. The first kappa shape index (κ1) is 15.5. The van der Waals surface area contributed by atoms with Crippen LogP contribution < -0.4 is 4.74 Å². The molecule has 0 saturated heterocycles. The highest BCUT2D eigenvalue weighted by atomic mass is 35.5. The van der Waals surface area contributed by atoms with Crippen LogP contribution in [0.3, 0.4) is 0 Å². The number of aromatic nitrogens is 3. The van der Waals surface area contributed by atoms with Gasteiger partial charge in [-0.2, -0.15) is 0 Å². The SMILES string of the molecule is Cc1c(C(=O)Oc2ccc(Cl)cc2)nnn1-c1ccc(Cl)cc1. The minimum Gasteiger partial charge on any atom is -0.422 e. The zero-order valence-corrected chi connectivity index (χ0v) is 13.5. The van der Waals surface area contributed by atoms with Gasteiger partial charge in [-0.1, -0.05) is 28.4 Å². The molecule has 0 spiro atoms. The van der Waals surface area contributed by atoms with Crippen LogP contribution in [0, 0.1) is 6.92 Å². The third-order valence-corrected chi connectivity index (χ3v) is 3.69. The average Bonchev–Trinajstić information content (AvgIpc) is 2.92. The zero-order chi connectivity index (χ0) is 16.4. The summed E-state index contributed by atoms with van der Waals surface area (Å²) in [5.74, 6) is -0.190. The predicted molar refractivity (Wildman–Crippen MR) is 87.5 cm³/mol. The summed E-state index contributed by atoms with van der Waals surface area (Å²) in [6.07, 6.45) is 0. The van der Waals surface area contributed by atoms with Crippen molar-refractivity contribution < 1.29 is 9.53 Å². The molecule has 3 aromatic rings. The van der Waals surface area contributed by atoms with Crippen molar-refractivity contribution in [2.45, 2.75) is 6.92 Å². The van der Waals surface area contributed by atoms with E-state index >= 15 is 0 Å². The van der Waals surface area contributed by atoms with Crippen LogP contribution in [0.5, 0.6) is 5.75 Å². The number of rotatable bonds is 3. The number of carbonyl (C=O) groups is 1. The van der Waals surface area contributed by atoms with Crippen molar-refractivity contribution in [1.82, 2.24) is 15.0 Å². The molecule has 0 saturated carbocycles. The van der Waals surface area contributed by atoms with E-state index in [1.54, 1.807) is 60.1 Å². The Kier molecular flexibility index (Phi) is 4.32. The van der Waals surface area contributed by atoms with Crippen LogP contribution in [0.2, 0.25) is 10.0 Å². The third-order valence-electron chi connectivity index (χ3n) is 3.18. The van der Waals surface area contributed by atoms with Gasteiger partial charge in [-0.3, -0.25) is 0 Å². The predicted octanol–water partition coefficient (Wildman–Crippen LogP) is 4.10. The zero-order valence-electron chi connectivity index (χ0n) is 12.0. The van der Waals surface area contributed by atoms with Crippen molar-refractivity contribution in [1.29, 1.82) is 0 Å². The second-order valence-electron chi connectivity index (χ2n) is 4.76. The fourth-order valence-corrected chi connectivity index (χ4v) is 2.26. The first-order valence-electron chi connectivity index (χ1n) is 6.70. The lowest BCUT2D eigenvalue weighted by Crippen LogP contribution is -2.11. The van der Waals surface area contributed by atoms with Gasteiger partial charge in [0.1, 0.15) is 5.75 Å². The van der Waals surface area contributed by atoms with Crippen LogP contribution >= 0.6 is 23.2 Å². The number of hydrogen-bond acceptors (Lipinski definition) is 4. The molecule has 5 nitrogen and oxygen atoms in total. The van der Waals surface area contributed by atoms with Gasteiger partial charge in [0, 0.05) is 10.0 Å². The normalized spacial score (nSPS) is 10.6. The summed E-state index contributed by atoms with van der Waals surface area (Å²) in [7, 11) is 0. The summed E-state index contributed by atoms with van der Waals surface area (Å²) < 4.78 is 6.82. The van der Waals surface area contributed by atoms with E-state index in [0.717, 1.165) is 5.69 Å². The molecule has 3 rings (SSSR count). The Morgan fingerprint density at radius 2 is 1.57 bits per heavy atom. The number of nitrogens with zero attached hydrogens (tertiary/aromatic N) is 3. The monoisotopic (exact) mass is 347 g/mol. The minimum atomic E-state index is -0.579. The standard InChI is InChI=1S/C16H11Cl2N3O2/c1-10-15(16(22)23-14-8-4-12(18)5-9-14)19-20-21(10)13-6-2-11(17)3-7-13/h2-9H,1H3. The van der Waals surface area contributed by atoms with Crippen molar-refractivity contribution in [2.24, 2.45) is 0 Å². The number of ether oxygens (including phenoxy) is 1. The minimum absolute atomic E-state index is 0.148. The molecule has 0 amide bonds. The number of benzene rings is 2. The smallest absolute Gasteiger partial charge is 0.366 e. The fourth-order valence-electron chi connectivity index (χ4n) is 2.00. The van der Waals surface area contributed by atoms with E-state index in [4.69, 9.17) is 27.9 Å². The van der Waals surface area contributed by atoms with E-state index in [1.165, 1.54) is 0 Å². The average molecular weight is 348 g/mol. The maximum atomic E-state index is 12.2. The topological polar surface area (TPSA) is 57.0 Å². The van der Waals surface area contributed by atoms with Crippen LogP contribution in [-0.2, 0) is 0 Å². The Morgan fingerprint density at radius 3 is 2.17 bits per heavy atom. The Bertz CT molecular complexity index is 843. The molecule has 1 aromatic heterocycles. The van der Waals surface area contributed by atoms with Gasteiger partial charge in [-0.25, -0.2) is 9.48 Å². The molecule has 7 heteroatoms. The molecule has 0 unspecified atom stereocenters. The molecule has 116 valence electrons. The van der Waals surface area contributed by atoms with Crippen molar-refractivity contribution in [2.75, 3.05) is 0 Å². The fraction of sp³-hybridized carbons (Fsp3) is 0.0625. The Labute approximate surface area is 142 Å². The van der Waals surface area contributed by atoms with Gasteiger partial charge in [-0.15, -0.1) is 5.10 Å². The Hall–Kier alpha value is -2.37. The van der Waals surface area contributed by atoms with Crippen molar-refractivity contribution >= 4 is 29.2 Å². The lowest BCUT2D eigenvalue weighted by Gasteiger charge is -2.04. The molecule has 0 aliphatic carbocycles. The van der Waals surface area contributed by atoms with Gasteiger partial charge >= 0.3 is 5.97 Å². The molecule has 0 radical (unpaired) electrons. The van der Waals surface area contributed by atoms with E-state index in [9.17, 15) is 4.79 Å². The maximum absolute atomic E-state index is 12.2. The van der Waals surface area contributed by atoms with Crippen LogP contribution in [0.15, 0.2) is 48.5 Å². The van der Waals surface area contributed by atoms with Gasteiger partial charge in [0.25, 0.3) is 0 Å². The summed E-state index contributed by atoms with van der Waals surface area (Å²) >= 11 is 11.7. The van der Waals surface area contributed by atoms with Crippen LogP contribution in [0.25, 0.3) is 5.69 Å². The molecular formula is C16H11Cl2N3O2. The molecular weight excluding hydrogens is 337 g/mol. The van der Waals surface area contributed by atoms with E-state index in [1.807, 2.05) is 0 Å². The molecule has 0 N–H and O–H groups in total. The second-order valence-corrected chi connectivity index (χ2v) is 5.63. The summed E-state index contributed by atoms with van der Waals surface area (Å²) in [6, 6.07) is 13.6. The van der Waals surface area contributed by atoms with Crippen molar-refractivity contribution in [3.63, 3.8) is 0 Å². The second kappa shape index (κ2) is 6.40. The van der Waals surface area contributed by atoms with E-state index in [2.05, 4.69) is 10.3 Å².